The van der Waals surface area contributed by atoms with E-state index in [2.05, 4.69) is 34.2 Å². The molecule has 0 saturated heterocycles. The molecular formula is C15H16N2. The maximum absolute atomic E-state index is 4.09. The number of hydrogen-bond acceptors (Lipinski definition) is 2. The van der Waals surface area contributed by atoms with Crippen LogP contribution in [0.2, 0.25) is 0 Å². The van der Waals surface area contributed by atoms with E-state index in [0.717, 1.165) is 0 Å². The van der Waals surface area contributed by atoms with Crippen LogP contribution in [0.4, 0.5) is 0 Å². The third kappa shape index (κ3) is 2.21. The van der Waals surface area contributed by atoms with Gasteiger partial charge in [0, 0.05) is 24.8 Å². The molecule has 0 bridgehead atoms. The second-order valence-electron chi connectivity index (χ2n) is 4.77. The minimum atomic E-state index is 0.705. The molecule has 1 aliphatic carbocycles. The second-order valence-corrected chi connectivity index (χ2v) is 4.77. The van der Waals surface area contributed by atoms with Crippen molar-refractivity contribution in [2.24, 2.45) is 0 Å². The first-order chi connectivity index (χ1) is 8.43. The van der Waals surface area contributed by atoms with Crippen LogP contribution in [-0.2, 0) is 0 Å². The Morgan fingerprint density at radius 2 is 1.12 bits per heavy atom. The smallest absolute Gasteiger partial charge is 0.0270 e. The van der Waals surface area contributed by atoms with Gasteiger partial charge in [0.25, 0.3) is 0 Å². The molecule has 2 atom stereocenters. The Kier molecular flexibility index (Phi) is 2.87. The quantitative estimate of drug-likeness (QED) is 0.780. The minimum absolute atomic E-state index is 0.705. The Labute approximate surface area is 102 Å². The fourth-order valence-electron chi connectivity index (χ4n) is 2.86. The van der Waals surface area contributed by atoms with Gasteiger partial charge in [-0.15, -0.1) is 0 Å². The summed E-state index contributed by atoms with van der Waals surface area (Å²) in [4.78, 5) is 8.17. The highest BCUT2D eigenvalue weighted by atomic mass is 14.6. The largest absolute Gasteiger partial charge is 0.265 e. The molecule has 2 heterocycles. The van der Waals surface area contributed by atoms with Crippen molar-refractivity contribution in [2.45, 2.75) is 31.1 Å². The molecule has 0 unspecified atom stereocenters. The molecule has 2 nitrogen and oxygen atoms in total. The zero-order chi connectivity index (χ0) is 11.5. The van der Waals surface area contributed by atoms with Gasteiger partial charge >= 0.3 is 0 Å². The van der Waals surface area contributed by atoms with Crippen molar-refractivity contribution in [3.63, 3.8) is 0 Å². The van der Waals surface area contributed by atoms with Gasteiger partial charge in [-0.3, -0.25) is 9.97 Å². The van der Waals surface area contributed by atoms with Crippen LogP contribution >= 0.6 is 0 Å². The van der Waals surface area contributed by atoms with Crippen molar-refractivity contribution in [3.05, 3.63) is 60.2 Å². The molecule has 0 spiro atoms. The molecule has 0 radical (unpaired) electrons. The maximum atomic E-state index is 4.09. The molecule has 1 fully saturated rings. The van der Waals surface area contributed by atoms with E-state index in [4.69, 9.17) is 0 Å². The summed E-state index contributed by atoms with van der Waals surface area (Å²) in [6, 6.07) is 8.61. The lowest BCUT2D eigenvalue weighted by Crippen LogP contribution is -1.95. The molecule has 17 heavy (non-hydrogen) atoms. The fourth-order valence-corrected chi connectivity index (χ4v) is 2.86. The topological polar surface area (TPSA) is 25.8 Å². The van der Waals surface area contributed by atoms with Crippen LogP contribution in [0.1, 0.15) is 42.2 Å². The molecule has 2 heteroatoms. The summed E-state index contributed by atoms with van der Waals surface area (Å²) in [5.74, 6) is 1.41. The molecule has 0 aliphatic heterocycles. The predicted molar refractivity (Wildman–Crippen MR) is 67.8 cm³/mol. The highest BCUT2D eigenvalue weighted by Crippen LogP contribution is 2.43. The molecule has 0 amide bonds. The normalized spacial score (nSPS) is 23.8. The van der Waals surface area contributed by atoms with Crippen LogP contribution in [0, 0.1) is 0 Å². The maximum Gasteiger partial charge on any atom is 0.0270 e. The van der Waals surface area contributed by atoms with Gasteiger partial charge in [0.1, 0.15) is 0 Å². The predicted octanol–water partition coefficient (Wildman–Crippen LogP) is 3.53. The van der Waals surface area contributed by atoms with Crippen LogP contribution in [0.5, 0.6) is 0 Å². The zero-order valence-corrected chi connectivity index (χ0v) is 9.79. The van der Waals surface area contributed by atoms with Gasteiger partial charge in [-0.25, -0.2) is 0 Å². The first-order valence-electron chi connectivity index (χ1n) is 6.23. The number of pyridine rings is 2. The summed E-state index contributed by atoms with van der Waals surface area (Å²) in [7, 11) is 0. The average molecular weight is 224 g/mol. The second kappa shape index (κ2) is 4.66. The molecule has 1 saturated carbocycles. The zero-order valence-electron chi connectivity index (χ0n) is 9.79. The Morgan fingerprint density at radius 1 is 0.706 bits per heavy atom. The van der Waals surface area contributed by atoms with Gasteiger partial charge in [0.2, 0.25) is 0 Å². The summed E-state index contributed by atoms with van der Waals surface area (Å²) in [5.41, 5.74) is 2.88. The number of nitrogens with zero attached hydrogens (tertiary/aromatic N) is 2. The molecule has 86 valence electrons. The minimum Gasteiger partial charge on any atom is -0.265 e. The Hall–Kier alpha value is -1.70. The number of rotatable bonds is 2. The summed E-state index contributed by atoms with van der Waals surface area (Å²) >= 11 is 0. The SMILES string of the molecule is c1cc([C@@H]2CC[C@H](c3ccncc3)C2)ccn1. The lowest BCUT2D eigenvalue weighted by Gasteiger charge is -2.11. The van der Waals surface area contributed by atoms with E-state index in [-0.39, 0.29) is 0 Å². The summed E-state index contributed by atoms with van der Waals surface area (Å²) < 4.78 is 0. The van der Waals surface area contributed by atoms with Crippen molar-refractivity contribution in [1.82, 2.24) is 9.97 Å². The fraction of sp³-hybridized carbons (Fsp3) is 0.333. The van der Waals surface area contributed by atoms with Crippen LogP contribution in [-0.4, -0.2) is 9.97 Å². The highest BCUT2D eigenvalue weighted by molar-refractivity contribution is 5.23. The van der Waals surface area contributed by atoms with Gasteiger partial charge in [-0.1, -0.05) is 0 Å². The van der Waals surface area contributed by atoms with Gasteiger partial charge in [-0.05, 0) is 66.5 Å². The molecule has 1 aliphatic rings. The van der Waals surface area contributed by atoms with Crippen molar-refractivity contribution in [2.75, 3.05) is 0 Å². The van der Waals surface area contributed by atoms with Crippen molar-refractivity contribution < 1.29 is 0 Å². The molecule has 0 aromatic carbocycles. The first-order valence-corrected chi connectivity index (χ1v) is 6.23. The van der Waals surface area contributed by atoms with Crippen LogP contribution in [0.15, 0.2) is 49.1 Å². The Bertz CT molecular complexity index is 421. The van der Waals surface area contributed by atoms with Crippen molar-refractivity contribution in [3.8, 4) is 0 Å². The lowest BCUT2D eigenvalue weighted by atomic mass is 9.94. The number of aromatic nitrogens is 2. The van der Waals surface area contributed by atoms with Crippen LogP contribution < -0.4 is 0 Å². The van der Waals surface area contributed by atoms with Crippen LogP contribution in [0.3, 0.4) is 0 Å². The van der Waals surface area contributed by atoms with Gasteiger partial charge in [-0.2, -0.15) is 0 Å². The van der Waals surface area contributed by atoms with E-state index >= 15 is 0 Å². The summed E-state index contributed by atoms with van der Waals surface area (Å²) in [6.45, 7) is 0. The standard InChI is InChI=1S/C15H16N2/c1-2-15(13-5-9-17-10-6-13)11-14(1)12-3-7-16-8-4-12/h3-10,14-15H,1-2,11H2/t14-,15+. The third-order valence-electron chi connectivity index (χ3n) is 3.79. The average Bonchev–Trinajstić information content (AvgIpc) is 2.90. The monoisotopic (exact) mass is 224 g/mol. The number of hydrogen-bond donors (Lipinski definition) is 0. The molecule has 3 rings (SSSR count). The Balaban J connectivity index is 1.75. The van der Waals surface area contributed by atoms with E-state index in [0.29, 0.717) is 11.8 Å². The van der Waals surface area contributed by atoms with E-state index in [1.807, 2.05) is 24.8 Å². The molecule has 2 aromatic heterocycles. The highest BCUT2D eigenvalue weighted by Gasteiger charge is 2.26. The first kappa shape index (κ1) is 10.5. The van der Waals surface area contributed by atoms with E-state index < -0.39 is 0 Å². The van der Waals surface area contributed by atoms with Crippen molar-refractivity contribution >= 4 is 0 Å². The summed E-state index contributed by atoms with van der Waals surface area (Å²) in [5, 5.41) is 0. The van der Waals surface area contributed by atoms with Gasteiger partial charge < -0.3 is 0 Å². The van der Waals surface area contributed by atoms with Crippen molar-refractivity contribution in [1.29, 1.82) is 0 Å². The van der Waals surface area contributed by atoms with Gasteiger partial charge in [0.05, 0.1) is 0 Å². The third-order valence-corrected chi connectivity index (χ3v) is 3.79. The van der Waals surface area contributed by atoms with Crippen LogP contribution in [0.25, 0.3) is 0 Å². The molecule has 2 aromatic rings. The van der Waals surface area contributed by atoms with E-state index in [1.165, 1.54) is 30.4 Å². The molecular weight excluding hydrogens is 208 g/mol. The van der Waals surface area contributed by atoms with E-state index in [1.54, 1.807) is 0 Å². The lowest BCUT2D eigenvalue weighted by molar-refractivity contribution is 0.684. The van der Waals surface area contributed by atoms with Gasteiger partial charge in [0.15, 0.2) is 0 Å². The Morgan fingerprint density at radius 3 is 1.53 bits per heavy atom. The van der Waals surface area contributed by atoms with E-state index in [9.17, 15) is 0 Å². The molecule has 0 N–H and O–H groups in total. The summed E-state index contributed by atoms with van der Waals surface area (Å²) in [6.07, 6.45) is 11.4.